The zero-order chi connectivity index (χ0) is 18.5. The minimum absolute atomic E-state index is 0.0229. The molecule has 0 aliphatic carbocycles. The molecule has 0 spiro atoms. The fourth-order valence-corrected chi connectivity index (χ4v) is 2.86. The lowest BCUT2D eigenvalue weighted by Gasteiger charge is -2.19. The number of amides is 1. The Morgan fingerprint density at radius 1 is 1.23 bits per heavy atom. The van der Waals surface area contributed by atoms with E-state index in [4.69, 9.17) is 4.42 Å². The molecule has 0 bridgehead atoms. The Kier molecular flexibility index (Phi) is 5.31. The van der Waals surface area contributed by atoms with Gasteiger partial charge < -0.3 is 14.3 Å². The van der Waals surface area contributed by atoms with E-state index in [2.05, 4.69) is 10.3 Å². The Morgan fingerprint density at radius 2 is 2.00 bits per heavy atom. The average molecular weight is 351 g/mol. The van der Waals surface area contributed by atoms with Crippen molar-refractivity contribution >= 4 is 5.91 Å². The lowest BCUT2D eigenvalue weighted by molar-refractivity contribution is 0.0901. The monoisotopic (exact) mass is 351 g/mol. The van der Waals surface area contributed by atoms with Crippen LogP contribution in [0.25, 0.3) is 0 Å². The van der Waals surface area contributed by atoms with Gasteiger partial charge in [0.25, 0.3) is 5.91 Å². The van der Waals surface area contributed by atoms with Gasteiger partial charge in [-0.3, -0.25) is 9.59 Å². The van der Waals surface area contributed by atoms with Crippen LogP contribution < -0.4 is 10.7 Å². The number of carbonyl (C=O) groups is 1. The second kappa shape index (κ2) is 7.82. The summed E-state index contributed by atoms with van der Waals surface area (Å²) < 4.78 is 7.44. The first-order chi connectivity index (χ1) is 12.5. The minimum atomic E-state index is -0.401. The number of nitrogens with zero attached hydrogens (tertiary/aromatic N) is 2. The zero-order valence-corrected chi connectivity index (χ0v) is 14.8. The number of carbonyl (C=O) groups excluding carboxylic acids is 1. The molecule has 1 amide bonds. The van der Waals surface area contributed by atoms with Crippen LogP contribution in [0.5, 0.6) is 0 Å². The summed E-state index contributed by atoms with van der Waals surface area (Å²) in [5.74, 6) is 0.956. The normalized spacial score (nSPS) is 11.9. The first kappa shape index (κ1) is 17.7. The van der Waals surface area contributed by atoms with Gasteiger partial charge in [0, 0.05) is 31.1 Å². The Balaban J connectivity index is 1.80. The van der Waals surface area contributed by atoms with Crippen LogP contribution in [0.1, 0.15) is 40.2 Å². The van der Waals surface area contributed by atoms with Gasteiger partial charge in [-0.05, 0) is 25.8 Å². The highest BCUT2D eigenvalue weighted by molar-refractivity contribution is 5.91. The van der Waals surface area contributed by atoms with Gasteiger partial charge in [-0.25, -0.2) is 4.98 Å². The molecule has 0 saturated carbocycles. The van der Waals surface area contributed by atoms with Gasteiger partial charge in [0.15, 0.2) is 11.2 Å². The molecule has 0 saturated heterocycles. The quantitative estimate of drug-likeness (QED) is 0.740. The number of aromatic nitrogens is 2. The largest absolute Gasteiger partial charge is 0.456 e. The van der Waals surface area contributed by atoms with Crippen LogP contribution in [-0.2, 0) is 6.54 Å². The Morgan fingerprint density at radius 3 is 2.65 bits per heavy atom. The molecular weight excluding hydrogens is 330 g/mol. The molecule has 1 aromatic carbocycles. The van der Waals surface area contributed by atoms with E-state index in [1.54, 1.807) is 13.1 Å². The van der Waals surface area contributed by atoms with Gasteiger partial charge in [0.2, 0.25) is 0 Å². The van der Waals surface area contributed by atoms with E-state index in [-0.39, 0.29) is 17.2 Å². The van der Waals surface area contributed by atoms with Crippen LogP contribution in [0.3, 0.4) is 0 Å². The predicted molar refractivity (Wildman–Crippen MR) is 97.9 cm³/mol. The van der Waals surface area contributed by atoms with Crippen molar-refractivity contribution in [2.45, 2.75) is 32.9 Å². The Hall–Kier alpha value is -3.15. The average Bonchev–Trinajstić information content (AvgIpc) is 3.03. The highest BCUT2D eigenvalue weighted by Gasteiger charge is 2.18. The maximum Gasteiger partial charge on any atom is 0.287 e. The van der Waals surface area contributed by atoms with Crippen molar-refractivity contribution in [1.82, 2.24) is 14.9 Å². The minimum Gasteiger partial charge on any atom is -0.456 e. The zero-order valence-electron chi connectivity index (χ0n) is 14.8. The first-order valence-corrected chi connectivity index (χ1v) is 8.48. The third kappa shape index (κ3) is 4.27. The number of imidazole rings is 1. The molecule has 6 nitrogen and oxygen atoms in total. The summed E-state index contributed by atoms with van der Waals surface area (Å²) in [4.78, 5) is 28.5. The molecule has 0 unspecified atom stereocenters. The fraction of sp³-hybridized carbons (Fsp3) is 0.250. The smallest absolute Gasteiger partial charge is 0.287 e. The summed E-state index contributed by atoms with van der Waals surface area (Å²) in [6, 6.07) is 12.1. The number of rotatable bonds is 6. The number of hydrogen-bond acceptors (Lipinski definition) is 4. The summed E-state index contributed by atoms with van der Waals surface area (Å²) in [5.41, 5.74) is 0.748. The van der Waals surface area contributed by atoms with Crippen molar-refractivity contribution in [3.8, 4) is 0 Å². The second-order valence-corrected chi connectivity index (χ2v) is 6.16. The summed E-state index contributed by atoms with van der Waals surface area (Å²) in [6.45, 7) is 4.30. The second-order valence-electron chi connectivity index (χ2n) is 6.16. The topological polar surface area (TPSA) is 77.1 Å². The van der Waals surface area contributed by atoms with Crippen molar-refractivity contribution in [1.29, 1.82) is 0 Å². The predicted octanol–water partition coefficient (Wildman–Crippen LogP) is 3.01. The van der Waals surface area contributed by atoms with Crippen LogP contribution in [0.15, 0.2) is 64.1 Å². The lowest BCUT2D eigenvalue weighted by atomic mass is 10.0. The molecule has 2 aromatic heterocycles. The van der Waals surface area contributed by atoms with Crippen molar-refractivity contribution < 1.29 is 9.21 Å². The SMILES string of the molecule is Cc1cc(=O)cc(C(=O)N[C@H](CCn2ccnc2C)c2ccccc2)o1. The molecule has 0 fully saturated rings. The molecule has 1 N–H and O–H groups in total. The van der Waals surface area contributed by atoms with Crippen LogP contribution in [0, 0.1) is 13.8 Å². The molecule has 2 heterocycles. The molecule has 6 heteroatoms. The molecule has 1 atom stereocenters. The maximum absolute atomic E-state index is 12.6. The van der Waals surface area contributed by atoms with Crippen molar-refractivity contribution in [2.24, 2.45) is 0 Å². The van der Waals surface area contributed by atoms with E-state index < -0.39 is 5.91 Å². The van der Waals surface area contributed by atoms with E-state index >= 15 is 0 Å². The van der Waals surface area contributed by atoms with Crippen LogP contribution >= 0.6 is 0 Å². The molecule has 0 aliphatic rings. The fourth-order valence-electron chi connectivity index (χ4n) is 2.86. The van der Waals surface area contributed by atoms with Crippen LogP contribution in [0.2, 0.25) is 0 Å². The number of nitrogens with one attached hydrogen (secondary N) is 1. The van der Waals surface area contributed by atoms with E-state index in [1.807, 2.05) is 48.0 Å². The Labute approximate surface area is 151 Å². The van der Waals surface area contributed by atoms with E-state index in [9.17, 15) is 9.59 Å². The van der Waals surface area contributed by atoms with Crippen molar-refractivity contribution in [3.05, 3.63) is 88.0 Å². The lowest BCUT2D eigenvalue weighted by Crippen LogP contribution is -2.30. The van der Waals surface area contributed by atoms with E-state index in [1.165, 1.54) is 12.1 Å². The van der Waals surface area contributed by atoms with Gasteiger partial charge in [0.05, 0.1) is 6.04 Å². The summed E-state index contributed by atoms with van der Waals surface area (Å²) in [5, 5.41) is 2.98. The van der Waals surface area contributed by atoms with E-state index in [0.29, 0.717) is 18.7 Å². The Bertz CT molecular complexity index is 944. The number of hydrogen-bond donors (Lipinski definition) is 1. The summed E-state index contributed by atoms with van der Waals surface area (Å²) >= 11 is 0. The standard InChI is InChI=1S/C20H21N3O3/c1-14-12-17(24)13-19(26-14)20(25)22-18(16-6-4-3-5-7-16)8-10-23-11-9-21-15(23)2/h3-7,9,11-13,18H,8,10H2,1-2H3,(H,22,25)/t18-/m1/s1. The highest BCUT2D eigenvalue weighted by atomic mass is 16.3. The van der Waals surface area contributed by atoms with Crippen molar-refractivity contribution in [3.63, 3.8) is 0 Å². The third-order valence-electron chi connectivity index (χ3n) is 4.20. The third-order valence-corrected chi connectivity index (χ3v) is 4.20. The van der Waals surface area contributed by atoms with Crippen LogP contribution in [0.4, 0.5) is 0 Å². The molecule has 3 rings (SSSR count). The maximum atomic E-state index is 12.6. The number of aryl methyl sites for hydroxylation is 3. The van der Waals surface area contributed by atoms with Gasteiger partial charge in [-0.15, -0.1) is 0 Å². The molecule has 26 heavy (non-hydrogen) atoms. The molecule has 3 aromatic rings. The summed E-state index contributed by atoms with van der Waals surface area (Å²) in [6.07, 6.45) is 4.36. The van der Waals surface area contributed by atoms with Gasteiger partial charge in [-0.1, -0.05) is 30.3 Å². The first-order valence-electron chi connectivity index (χ1n) is 8.48. The highest BCUT2D eigenvalue weighted by Crippen LogP contribution is 2.19. The van der Waals surface area contributed by atoms with E-state index in [0.717, 1.165) is 11.4 Å². The molecule has 0 aliphatic heterocycles. The number of benzene rings is 1. The molecule has 0 radical (unpaired) electrons. The molecule has 134 valence electrons. The van der Waals surface area contributed by atoms with Gasteiger partial charge in [0.1, 0.15) is 11.6 Å². The van der Waals surface area contributed by atoms with Crippen molar-refractivity contribution in [2.75, 3.05) is 0 Å². The summed E-state index contributed by atoms with van der Waals surface area (Å²) in [7, 11) is 0. The molecular formula is C20H21N3O3. The van der Waals surface area contributed by atoms with Crippen LogP contribution in [-0.4, -0.2) is 15.5 Å². The van der Waals surface area contributed by atoms with Gasteiger partial charge >= 0.3 is 0 Å². The van der Waals surface area contributed by atoms with Gasteiger partial charge in [-0.2, -0.15) is 0 Å².